The van der Waals surface area contributed by atoms with Gasteiger partial charge >= 0.3 is 0 Å². The molecule has 1 aliphatic rings. The SMILES string of the molecule is CN1CCN(CCNS(=O)(=O)Cc2c(F)cccc2Cl)CC1. The maximum absolute atomic E-state index is 13.6. The Balaban J connectivity index is 1.84. The van der Waals surface area contributed by atoms with Crippen LogP contribution in [0, 0.1) is 5.82 Å². The zero-order valence-corrected chi connectivity index (χ0v) is 14.1. The van der Waals surface area contributed by atoms with Gasteiger partial charge in [0.2, 0.25) is 10.0 Å². The summed E-state index contributed by atoms with van der Waals surface area (Å²) in [6, 6.07) is 4.15. The summed E-state index contributed by atoms with van der Waals surface area (Å²) in [7, 11) is -1.54. The van der Waals surface area contributed by atoms with Gasteiger partial charge in [-0.2, -0.15) is 0 Å². The van der Waals surface area contributed by atoms with Crippen LogP contribution in [0.5, 0.6) is 0 Å². The lowest BCUT2D eigenvalue weighted by atomic mass is 10.2. The molecule has 5 nitrogen and oxygen atoms in total. The van der Waals surface area contributed by atoms with Gasteiger partial charge in [0.05, 0.1) is 5.75 Å². The lowest BCUT2D eigenvalue weighted by Crippen LogP contribution is -2.47. The van der Waals surface area contributed by atoms with E-state index in [9.17, 15) is 12.8 Å². The van der Waals surface area contributed by atoms with E-state index in [-0.39, 0.29) is 10.6 Å². The van der Waals surface area contributed by atoms with Gasteiger partial charge in [0, 0.05) is 49.9 Å². The second kappa shape index (κ2) is 7.70. The van der Waals surface area contributed by atoms with Crippen molar-refractivity contribution in [3.8, 4) is 0 Å². The quantitative estimate of drug-likeness (QED) is 0.837. The molecular formula is C14H21ClFN3O2S. The van der Waals surface area contributed by atoms with Crippen molar-refractivity contribution in [1.82, 2.24) is 14.5 Å². The predicted octanol–water partition coefficient (Wildman–Crippen LogP) is 1.15. The van der Waals surface area contributed by atoms with E-state index in [2.05, 4.69) is 21.6 Å². The van der Waals surface area contributed by atoms with E-state index in [0.717, 1.165) is 26.2 Å². The molecule has 1 N–H and O–H groups in total. The van der Waals surface area contributed by atoms with E-state index < -0.39 is 21.6 Å². The fourth-order valence-corrected chi connectivity index (χ4v) is 3.83. The molecule has 1 aromatic rings. The molecule has 1 fully saturated rings. The summed E-state index contributed by atoms with van der Waals surface area (Å²) in [5, 5.41) is 0.129. The highest BCUT2D eigenvalue weighted by Crippen LogP contribution is 2.20. The molecule has 0 spiro atoms. The molecule has 22 heavy (non-hydrogen) atoms. The molecule has 0 amide bonds. The Bertz CT molecular complexity index is 584. The molecule has 0 atom stereocenters. The van der Waals surface area contributed by atoms with Crippen molar-refractivity contribution in [2.45, 2.75) is 5.75 Å². The van der Waals surface area contributed by atoms with Crippen LogP contribution in [0.3, 0.4) is 0 Å². The first-order valence-corrected chi connectivity index (χ1v) is 9.21. The van der Waals surface area contributed by atoms with Crippen molar-refractivity contribution in [1.29, 1.82) is 0 Å². The van der Waals surface area contributed by atoms with Gasteiger partial charge in [-0.1, -0.05) is 17.7 Å². The Morgan fingerprint density at radius 3 is 2.59 bits per heavy atom. The van der Waals surface area contributed by atoms with E-state index in [1.165, 1.54) is 18.2 Å². The molecule has 0 bridgehead atoms. The number of piperazine rings is 1. The number of sulfonamides is 1. The fraction of sp³-hybridized carbons (Fsp3) is 0.571. The number of nitrogens with zero attached hydrogens (tertiary/aromatic N) is 2. The van der Waals surface area contributed by atoms with E-state index in [1.807, 2.05) is 0 Å². The van der Waals surface area contributed by atoms with Gasteiger partial charge in [0.15, 0.2) is 0 Å². The fourth-order valence-electron chi connectivity index (χ4n) is 2.34. The third-order valence-corrected chi connectivity index (χ3v) is 5.41. The number of rotatable bonds is 6. The molecule has 0 unspecified atom stereocenters. The molecule has 0 aromatic heterocycles. The van der Waals surface area contributed by atoms with Crippen molar-refractivity contribution in [2.24, 2.45) is 0 Å². The largest absolute Gasteiger partial charge is 0.304 e. The summed E-state index contributed by atoms with van der Waals surface area (Å²) in [6.45, 7) is 4.79. The topological polar surface area (TPSA) is 52.6 Å². The van der Waals surface area contributed by atoms with Gasteiger partial charge in [-0.3, -0.25) is 4.90 Å². The average Bonchev–Trinajstić information content (AvgIpc) is 2.45. The highest BCUT2D eigenvalue weighted by atomic mass is 35.5. The Labute approximate surface area is 136 Å². The van der Waals surface area contributed by atoms with Gasteiger partial charge < -0.3 is 4.90 Å². The van der Waals surface area contributed by atoms with Crippen molar-refractivity contribution in [2.75, 3.05) is 46.3 Å². The van der Waals surface area contributed by atoms with Crippen LogP contribution < -0.4 is 4.72 Å². The normalized spacial score (nSPS) is 17.8. The first-order chi connectivity index (χ1) is 10.4. The lowest BCUT2D eigenvalue weighted by Gasteiger charge is -2.32. The predicted molar refractivity (Wildman–Crippen MR) is 86.0 cm³/mol. The third kappa shape index (κ3) is 5.17. The van der Waals surface area contributed by atoms with Gasteiger partial charge in [-0.25, -0.2) is 17.5 Å². The summed E-state index contributed by atoms with van der Waals surface area (Å²) in [5.41, 5.74) is 0.0104. The van der Waals surface area contributed by atoms with E-state index in [1.54, 1.807) is 0 Å². The van der Waals surface area contributed by atoms with Crippen LogP contribution in [0.15, 0.2) is 18.2 Å². The van der Waals surface area contributed by atoms with Crippen molar-refractivity contribution < 1.29 is 12.8 Å². The molecule has 1 saturated heterocycles. The van der Waals surface area contributed by atoms with Crippen molar-refractivity contribution >= 4 is 21.6 Å². The highest BCUT2D eigenvalue weighted by Gasteiger charge is 2.18. The lowest BCUT2D eigenvalue weighted by molar-refractivity contribution is 0.156. The molecule has 1 heterocycles. The first-order valence-electron chi connectivity index (χ1n) is 7.18. The van der Waals surface area contributed by atoms with Gasteiger partial charge in [-0.05, 0) is 19.2 Å². The monoisotopic (exact) mass is 349 g/mol. The van der Waals surface area contributed by atoms with Crippen LogP contribution in [0.2, 0.25) is 5.02 Å². The number of halogens is 2. The molecule has 8 heteroatoms. The molecular weight excluding hydrogens is 329 g/mol. The number of likely N-dealkylation sites (N-methyl/N-ethyl adjacent to an activating group) is 1. The zero-order chi connectivity index (χ0) is 16.2. The van der Waals surface area contributed by atoms with E-state index in [4.69, 9.17) is 11.6 Å². The Hall–Kier alpha value is -0.730. The number of nitrogens with one attached hydrogen (secondary N) is 1. The molecule has 1 aromatic carbocycles. The smallest absolute Gasteiger partial charge is 0.215 e. The molecule has 2 rings (SSSR count). The molecule has 0 radical (unpaired) electrons. The second-order valence-corrected chi connectivity index (χ2v) is 7.71. The summed E-state index contributed by atoms with van der Waals surface area (Å²) >= 11 is 5.86. The van der Waals surface area contributed by atoms with E-state index >= 15 is 0 Å². The minimum absolute atomic E-state index is 0.0104. The van der Waals surface area contributed by atoms with Gasteiger partial charge in [0.25, 0.3) is 0 Å². The third-order valence-electron chi connectivity index (χ3n) is 3.74. The zero-order valence-electron chi connectivity index (χ0n) is 12.6. The summed E-state index contributed by atoms with van der Waals surface area (Å²) < 4.78 is 40.2. The maximum Gasteiger partial charge on any atom is 0.215 e. The first kappa shape index (κ1) is 17.6. The number of hydrogen-bond acceptors (Lipinski definition) is 4. The van der Waals surface area contributed by atoms with Crippen LogP contribution in [-0.4, -0.2) is 64.5 Å². The van der Waals surface area contributed by atoms with E-state index in [0.29, 0.717) is 13.1 Å². The molecule has 0 aliphatic carbocycles. The number of benzene rings is 1. The summed E-state index contributed by atoms with van der Waals surface area (Å²) in [5.74, 6) is -1.04. The minimum atomic E-state index is -3.60. The average molecular weight is 350 g/mol. The van der Waals surface area contributed by atoms with Crippen LogP contribution >= 0.6 is 11.6 Å². The molecule has 0 saturated carbocycles. The van der Waals surface area contributed by atoms with Crippen LogP contribution in [0.4, 0.5) is 4.39 Å². The van der Waals surface area contributed by atoms with Crippen molar-refractivity contribution in [3.05, 3.63) is 34.6 Å². The Morgan fingerprint density at radius 1 is 1.27 bits per heavy atom. The Morgan fingerprint density at radius 2 is 1.95 bits per heavy atom. The van der Waals surface area contributed by atoms with Gasteiger partial charge in [-0.15, -0.1) is 0 Å². The van der Waals surface area contributed by atoms with Crippen LogP contribution in [0.25, 0.3) is 0 Å². The van der Waals surface area contributed by atoms with Crippen LogP contribution in [-0.2, 0) is 15.8 Å². The number of hydrogen-bond donors (Lipinski definition) is 1. The van der Waals surface area contributed by atoms with Gasteiger partial charge in [0.1, 0.15) is 5.82 Å². The summed E-state index contributed by atoms with van der Waals surface area (Å²) in [6.07, 6.45) is 0. The molecule has 1 aliphatic heterocycles. The standard InChI is InChI=1S/C14H21ClFN3O2S/c1-18-7-9-19(10-8-18)6-5-17-22(20,21)11-12-13(15)3-2-4-14(12)16/h2-4,17H,5-11H2,1H3. The van der Waals surface area contributed by atoms with Crippen LogP contribution in [0.1, 0.15) is 5.56 Å². The Kier molecular flexibility index (Phi) is 6.17. The molecule has 124 valence electrons. The highest BCUT2D eigenvalue weighted by molar-refractivity contribution is 7.88. The summed E-state index contributed by atoms with van der Waals surface area (Å²) in [4.78, 5) is 4.44. The second-order valence-electron chi connectivity index (χ2n) is 5.50. The van der Waals surface area contributed by atoms with Crippen molar-refractivity contribution in [3.63, 3.8) is 0 Å². The minimum Gasteiger partial charge on any atom is -0.304 e. The maximum atomic E-state index is 13.6.